The molecule has 0 saturated heterocycles. The number of nitrogens with zero attached hydrogens (tertiary/aromatic N) is 1. The van der Waals surface area contributed by atoms with Crippen LogP contribution in [0, 0.1) is 5.41 Å². The fraction of sp³-hybridized carbons (Fsp3) is 0.750. The van der Waals surface area contributed by atoms with Gasteiger partial charge in [0.05, 0.1) is 5.57 Å². The van der Waals surface area contributed by atoms with Crippen molar-refractivity contribution in [3.05, 3.63) is 11.3 Å². The Bertz CT molecular complexity index is 406. The van der Waals surface area contributed by atoms with Gasteiger partial charge in [0.1, 0.15) is 5.76 Å². The second-order valence-electron chi connectivity index (χ2n) is 6.08. The van der Waals surface area contributed by atoms with Gasteiger partial charge in [0, 0.05) is 39.3 Å². The highest BCUT2D eigenvalue weighted by atomic mass is 16.5. The second kappa shape index (κ2) is 7.02. The molecule has 112 valence electrons. The van der Waals surface area contributed by atoms with Crippen LogP contribution in [0.5, 0.6) is 0 Å². The van der Waals surface area contributed by atoms with Crippen LogP contribution in [0.1, 0.15) is 51.4 Å². The molecule has 0 aromatic carbocycles. The number of carbonyl (C=O) groups excluding carboxylic acids is 1. The van der Waals surface area contributed by atoms with E-state index in [0.29, 0.717) is 31.6 Å². The number of carbonyl (C=O) groups is 1. The minimum Gasteiger partial charge on any atom is -0.511 e. The number of aliphatic hydroxyl groups is 1. The Kier molecular flexibility index (Phi) is 5.35. The van der Waals surface area contributed by atoms with Gasteiger partial charge in [0.2, 0.25) is 0 Å². The van der Waals surface area contributed by atoms with E-state index in [1.165, 1.54) is 19.3 Å². The van der Waals surface area contributed by atoms with Crippen molar-refractivity contribution in [3.63, 3.8) is 0 Å². The molecule has 0 amide bonds. The quantitative estimate of drug-likeness (QED) is 0.621. The third-order valence-electron chi connectivity index (χ3n) is 4.46. The molecule has 1 spiro atoms. The lowest BCUT2D eigenvalue weighted by Crippen LogP contribution is -2.33. The van der Waals surface area contributed by atoms with Crippen LogP contribution in [0.2, 0.25) is 0 Å². The summed E-state index contributed by atoms with van der Waals surface area (Å²) >= 11 is 0. The monoisotopic (exact) mass is 279 g/mol. The number of ketones is 1. The highest BCUT2D eigenvalue weighted by Crippen LogP contribution is 2.47. The summed E-state index contributed by atoms with van der Waals surface area (Å²) in [5.41, 5.74) is 0.464. The average Bonchev–Trinajstić information content (AvgIpc) is 2.42. The van der Waals surface area contributed by atoms with Crippen molar-refractivity contribution < 1.29 is 14.6 Å². The van der Waals surface area contributed by atoms with E-state index >= 15 is 0 Å². The minimum absolute atomic E-state index is 0.0345. The molecular formula is C16H25NO3. The maximum Gasteiger partial charge on any atom is 0.168 e. The molecular weight excluding hydrogens is 254 g/mol. The second-order valence-corrected chi connectivity index (χ2v) is 6.08. The van der Waals surface area contributed by atoms with Crippen LogP contribution in [-0.4, -0.2) is 37.4 Å². The Morgan fingerprint density at radius 1 is 1.30 bits per heavy atom. The van der Waals surface area contributed by atoms with Crippen LogP contribution in [0.15, 0.2) is 16.3 Å². The van der Waals surface area contributed by atoms with E-state index < -0.39 is 0 Å². The maximum absolute atomic E-state index is 12.3. The number of methoxy groups -OCH3 is 1. The van der Waals surface area contributed by atoms with Crippen molar-refractivity contribution in [2.24, 2.45) is 10.4 Å². The third-order valence-corrected chi connectivity index (χ3v) is 4.46. The fourth-order valence-electron chi connectivity index (χ4n) is 3.37. The SMILES string of the molecule is COCCCN=CC1=C(O)CC2(CCCCC2)CC1=O. The lowest BCUT2D eigenvalue weighted by Gasteiger charge is -2.39. The summed E-state index contributed by atoms with van der Waals surface area (Å²) in [4.78, 5) is 16.5. The Labute approximate surface area is 120 Å². The lowest BCUT2D eigenvalue weighted by atomic mass is 9.65. The first-order valence-corrected chi connectivity index (χ1v) is 7.61. The normalized spacial score (nSPS) is 22.9. The number of hydrogen-bond donors (Lipinski definition) is 1. The molecule has 1 fully saturated rings. The van der Waals surface area contributed by atoms with Crippen molar-refractivity contribution in [3.8, 4) is 0 Å². The van der Waals surface area contributed by atoms with Crippen LogP contribution in [-0.2, 0) is 9.53 Å². The standard InChI is InChI=1S/C16H25NO3/c1-20-9-5-8-17-12-13-14(18)10-16(11-15(13)19)6-3-2-4-7-16/h12,18H,2-11H2,1H3. The summed E-state index contributed by atoms with van der Waals surface area (Å²) in [7, 11) is 1.66. The van der Waals surface area contributed by atoms with E-state index in [1.54, 1.807) is 13.3 Å². The molecule has 0 aromatic rings. The Balaban J connectivity index is 1.98. The first kappa shape index (κ1) is 15.2. The zero-order chi connectivity index (χ0) is 14.4. The van der Waals surface area contributed by atoms with Gasteiger partial charge in [-0.3, -0.25) is 9.79 Å². The molecule has 0 bridgehead atoms. The van der Waals surface area contributed by atoms with Gasteiger partial charge in [-0.1, -0.05) is 19.3 Å². The van der Waals surface area contributed by atoms with E-state index in [9.17, 15) is 9.90 Å². The van der Waals surface area contributed by atoms with E-state index in [2.05, 4.69) is 4.99 Å². The molecule has 20 heavy (non-hydrogen) atoms. The molecule has 2 aliphatic rings. The van der Waals surface area contributed by atoms with Crippen molar-refractivity contribution >= 4 is 12.0 Å². The smallest absolute Gasteiger partial charge is 0.168 e. The topological polar surface area (TPSA) is 58.9 Å². The summed E-state index contributed by atoms with van der Waals surface area (Å²) < 4.78 is 4.95. The number of rotatable bonds is 5. The van der Waals surface area contributed by atoms with Gasteiger partial charge < -0.3 is 9.84 Å². The predicted octanol–water partition coefficient (Wildman–Crippen LogP) is 3.22. The average molecular weight is 279 g/mol. The van der Waals surface area contributed by atoms with Gasteiger partial charge in [-0.15, -0.1) is 0 Å². The van der Waals surface area contributed by atoms with Crippen molar-refractivity contribution in [1.29, 1.82) is 0 Å². The fourth-order valence-corrected chi connectivity index (χ4v) is 3.37. The van der Waals surface area contributed by atoms with E-state index in [-0.39, 0.29) is 17.0 Å². The van der Waals surface area contributed by atoms with Crippen LogP contribution >= 0.6 is 0 Å². The van der Waals surface area contributed by atoms with Crippen LogP contribution in [0.25, 0.3) is 0 Å². The lowest BCUT2D eigenvalue weighted by molar-refractivity contribution is -0.119. The first-order chi connectivity index (χ1) is 9.67. The van der Waals surface area contributed by atoms with Crippen molar-refractivity contribution in [2.45, 2.75) is 51.4 Å². The van der Waals surface area contributed by atoms with Gasteiger partial charge in [-0.2, -0.15) is 0 Å². The third kappa shape index (κ3) is 3.69. The van der Waals surface area contributed by atoms with Crippen LogP contribution in [0.3, 0.4) is 0 Å². The number of allylic oxidation sites excluding steroid dienone is 2. The molecule has 0 aromatic heterocycles. The molecule has 0 heterocycles. The summed E-state index contributed by atoms with van der Waals surface area (Å²) in [5.74, 6) is 0.310. The van der Waals surface area contributed by atoms with Gasteiger partial charge in [0.15, 0.2) is 5.78 Å². The zero-order valence-electron chi connectivity index (χ0n) is 12.4. The highest BCUT2D eigenvalue weighted by molar-refractivity contribution is 6.14. The summed E-state index contributed by atoms with van der Waals surface area (Å²) in [5, 5.41) is 10.2. The van der Waals surface area contributed by atoms with Gasteiger partial charge in [0.25, 0.3) is 0 Å². The van der Waals surface area contributed by atoms with E-state index in [4.69, 9.17) is 4.74 Å². The number of aliphatic imine (C=N–C) groups is 1. The minimum atomic E-state index is 0.0345. The van der Waals surface area contributed by atoms with Crippen molar-refractivity contribution in [1.82, 2.24) is 0 Å². The highest BCUT2D eigenvalue weighted by Gasteiger charge is 2.40. The van der Waals surface area contributed by atoms with E-state index in [1.807, 2.05) is 0 Å². The number of aliphatic hydroxyl groups excluding tert-OH is 1. The molecule has 1 N–H and O–H groups in total. The molecule has 4 heteroatoms. The Morgan fingerprint density at radius 3 is 2.70 bits per heavy atom. The summed E-state index contributed by atoms with van der Waals surface area (Å²) in [6, 6.07) is 0. The molecule has 0 atom stereocenters. The van der Waals surface area contributed by atoms with Crippen molar-refractivity contribution in [2.75, 3.05) is 20.3 Å². The maximum atomic E-state index is 12.3. The zero-order valence-corrected chi connectivity index (χ0v) is 12.4. The molecule has 0 radical (unpaired) electrons. The molecule has 4 nitrogen and oxygen atoms in total. The van der Waals surface area contributed by atoms with Gasteiger partial charge in [-0.05, 0) is 24.7 Å². The first-order valence-electron chi connectivity index (χ1n) is 7.61. The predicted molar refractivity (Wildman–Crippen MR) is 79.3 cm³/mol. The summed E-state index contributed by atoms with van der Waals surface area (Å²) in [6.45, 7) is 1.29. The number of ether oxygens (including phenoxy) is 1. The van der Waals surface area contributed by atoms with Crippen LogP contribution < -0.4 is 0 Å². The largest absolute Gasteiger partial charge is 0.511 e. The Morgan fingerprint density at radius 2 is 2.05 bits per heavy atom. The summed E-state index contributed by atoms with van der Waals surface area (Å²) in [6.07, 6.45) is 9.38. The molecule has 0 aliphatic heterocycles. The van der Waals surface area contributed by atoms with Gasteiger partial charge in [-0.25, -0.2) is 0 Å². The van der Waals surface area contributed by atoms with E-state index in [0.717, 1.165) is 19.3 Å². The molecule has 2 rings (SSSR count). The molecule has 2 aliphatic carbocycles. The Hall–Kier alpha value is -1.16. The number of Topliss-reactive ketones (excluding diaryl/α,β-unsaturated/α-hetero) is 1. The van der Waals surface area contributed by atoms with Gasteiger partial charge >= 0.3 is 0 Å². The number of hydrogen-bond acceptors (Lipinski definition) is 4. The molecule has 0 unspecified atom stereocenters. The molecule has 1 saturated carbocycles. The van der Waals surface area contributed by atoms with Crippen LogP contribution in [0.4, 0.5) is 0 Å².